The van der Waals surface area contributed by atoms with Gasteiger partial charge in [0.25, 0.3) is 0 Å². The van der Waals surface area contributed by atoms with Crippen LogP contribution in [0, 0.1) is 11.8 Å². The van der Waals surface area contributed by atoms with Gasteiger partial charge in [0.2, 0.25) is 0 Å². The Morgan fingerprint density at radius 2 is 2.10 bits per heavy atom. The zero-order valence-corrected chi connectivity index (χ0v) is 15.4. The van der Waals surface area contributed by atoms with Crippen LogP contribution in [0.1, 0.15) is 33.1 Å². The molecule has 5 nitrogen and oxygen atoms in total. The first-order chi connectivity index (χ1) is 9.00. The second kappa shape index (κ2) is 7.82. The first-order valence-corrected chi connectivity index (χ1v) is 9.07. The Morgan fingerprint density at radius 1 is 1.40 bits per heavy atom. The third-order valence-electron chi connectivity index (χ3n) is 3.81. The molecule has 7 heteroatoms. The molecule has 0 aromatic carbocycles. The maximum absolute atomic E-state index is 11.4. The average Bonchev–Trinajstić information content (AvgIpc) is 2.92. The van der Waals surface area contributed by atoms with Crippen molar-refractivity contribution in [1.82, 2.24) is 10.6 Å². The third-order valence-corrected chi connectivity index (χ3v) is 5.65. The van der Waals surface area contributed by atoms with Gasteiger partial charge in [0.15, 0.2) is 15.8 Å². The number of nitrogens with one attached hydrogen (secondary N) is 2. The monoisotopic (exact) mass is 415 g/mol. The third kappa shape index (κ3) is 5.75. The van der Waals surface area contributed by atoms with Gasteiger partial charge in [-0.3, -0.25) is 4.99 Å². The first kappa shape index (κ1) is 18.0. The van der Waals surface area contributed by atoms with E-state index in [9.17, 15) is 8.42 Å². The Hall–Kier alpha value is -0.0500. The molecule has 118 valence electrons. The number of hydrogen-bond acceptors (Lipinski definition) is 3. The molecule has 2 aliphatic rings. The van der Waals surface area contributed by atoms with Gasteiger partial charge in [-0.2, -0.15) is 0 Å². The van der Waals surface area contributed by atoms with Crippen molar-refractivity contribution in [2.24, 2.45) is 16.8 Å². The molecule has 1 saturated carbocycles. The van der Waals surface area contributed by atoms with Crippen molar-refractivity contribution in [1.29, 1.82) is 0 Å². The topological polar surface area (TPSA) is 70.6 Å². The van der Waals surface area contributed by atoms with Gasteiger partial charge in [-0.1, -0.05) is 13.8 Å². The molecule has 0 spiro atoms. The van der Waals surface area contributed by atoms with Gasteiger partial charge in [-0.05, 0) is 31.1 Å². The summed E-state index contributed by atoms with van der Waals surface area (Å²) in [6, 6.07) is 0.537. The summed E-state index contributed by atoms with van der Waals surface area (Å²) in [6.07, 6.45) is 3.01. The van der Waals surface area contributed by atoms with E-state index in [2.05, 4.69) is 29.5 Å². The first-order valence-electron chi connectivity index (χ1n) is 7.25. The summed E-state index contributed by atoms with van der Waals surface area (Å²) in [4.78, 5) is 4.55. The summed E-state index contributed by atoms with van der Waals surface area (Å²) < 4.78 is 22.8. The van der Waals surface area contributed by atoms with Crippen molar-refractivity contribution in [3.05, 3.63) is 0 Å². The predicted molar refractivity (Wildman–Crippen MR) is 93.5 cm³/mol. The van der Waals surface area contributed by atoms with E-state index in [0.29, 0.717) is 24.1 Å². The maximum atomic E-state index is 11.4. The summed E-state index contributed by atoms with van der Waals surface area (Å²) in [7, 11) is -2.79. The molecule has 0 aromatic rings. The van der Waals surface area contributed by atoms with E-state index in [0.717, 1.165) is 31.3 Å². The van der Waals surface area contributed by atoms with Crippen molar-refractivity contribution in [3.63, 3.8) is 0 Å². The largest absolute Gasteiger partial charge is 0.356 e. The highest BCUT2D eigenvalue weighted by Crippen LogP contribution is 2.28. The summed E-state index contributed by atoms with van der Waals surface area (Å²) in [5, 5.41) is 6.71. The quantitative estimate of drug-likeness (QED) is 0.405. The van der Waals surface area contributed by atoms with Crippen LogP contribution in [0.4, 0.5) is 0 Å². The van der Waals surface area contributed by atoms with E-state index in [1.54, 1.807) is 0 Å². The Kier molecular flexibility index (Phi) is 7.03. The summed E-state index contributed by atoms with van der Waals surface area (Å²) in [6.45, 7) is 5.85. The fourth-order valence-electron chi connectivity index (χ4n) is 2.33. The molecule has 2 fully saturated rings. The molecule has 20 heavy (non-hydrogen) atoms. The van der Waals surface area contributed by atoms with Crippen LogP contribution in [0.15, 0.2) is 4.99 Å². The summed E-state index contributed by atoms with van der Waals surface area (Å²) in [5.41, 5.74) is 0. The minimum absolute atomic E-state index is 0. The lowest BCUT2D eigenvalue weighted by Crippen LogP contribution is -2.40. The Bertz CT molecular complexity index is 439. The molecule has 1 aliphatic carbocycles. The van der Waals surface area contributed by atoms with E-state index in [1.165, 1.54) is 6.42 Å². The molecular formula is C13H26IN3O2S. The highest BCUT2D eigenvalue weighted by molar-refractivity contribution is 14.0. The number of nitrogens with zero attached hydrogens (tertiary/aromatic N) is 1. The molecule has 0 radical (unpaired) electrons. The second-order valence-corrected chi connectivity index (χ2v) is 8.08. The summed E-state index contributed by atoms with van der Waals surface area (Å²) in [5.74, 6) is 2.40. The smallest absolute Gasteiger partial charge is 0.191 e. The molecule has 2 N–H and O–H groups in total. The molecule has 0 aromatic heterocycles. The molecule has 0 amide bonds. The fourth-order valence-corrected chi connectivity index (χ4v) is 4.18. The van der Waals surface area contributed by atoms with Crippen molar-refractivity contribution < 1.29 is 8.42 Å². The van der Waals surface area contributed by atoms with Crippen molar-refractivity contribution in [2.45, 2.75) is 39.2 Å². The van der Waals surface area contributed by atoms with Crippen LogP contribution < -0.4 is 10.6 Å². The summed E-state index contributed by atoms with van der Waals surface area (Å²) >= 11 is 0. The van der Waals surface area contributed by atoms with Crippen LogP contribution in [0.25, 0.3) is 0 Å². The zero-order chi connectivity index (χ0) is 13.9. The molecule has 3 unspecified atom stereocenters. The van der Waals surface area contributed by atoms with E-state index < -0.39 is 9.84 Å². The molecular weight excluding hydrogens is 389 g/mol. The van der Waals surface area contributed by atoms with E-state index in [4.69, 9.17) is 0 Å². The van der Waals surface area contributed by atoms with Crippen LogP contribution in [0.3, 0.4) is 0 Å². The van der Waals surface area contributed by atoms with Crippen molar-refractivity contribution >= 4 is 39.8 Å². The molecule has 1 saturated heterocycles. The number of halogens is 1. The van der Waals surface area contributed by atoms with Gasteiger partial charge in [-0.25, -0.2) is 8.42 Å². The SMILES string of the molecule is CCCNC(=NCC1CCS(=O)(=O)C1)NC1CC1C.I. The molecule has 3 atom stereocenters. The zero-order valence-electron chi connectivity index (χ0n) is 12.3. The van der Waals surface area contributed by atoms with Gasteiger partial charge in [0.05, 0.1) is 11.5 Å². The Morgan fingerprint density at radius 3 is 2.60 bits per heavy atom. The number of rotatable bonds is 5. The van der Waals surface area contributed by atoms with Crippen LogP contribution in [-0.4, -0.2) is 45.0 Å². The minimum atomic E-state index is -2.79. The van der Waals surface area contributed by atoms with E-state index in [1.807, 2.05) is 0 Å². The lowest BCUT2D eigenvalue weighted by atomic mass is 10.1. The van der Waals surface area contributed by atoms with E-state index >= 15 is 0 Å². The molecule has 2 rings (SSSR count). The Labute approximate surface area is 139 Å². The van der Waals surface area contributed by atoms with E-state index in [-0.39, 0.29) is 29.9 Å². The second-order valence-electron chi connectivity index (χ2n) is 5.85. The van der Waals surface area contributed by atoms with Gasteiger partial charge >= 0.3 is 0 Å². The number of sulfone groups is 1. The van der Waals surface area contributed by atoms with Gasteiger partial charge < -0.3 is 10.6 Å². The van der Waals surface area contributed by atoms with Crippen molar-refractivity contribution in [3.8, 4) is 0 Å². The van der Waals surface area contributed by atoms with Crippen molar-refractivity contribution in [2.75, 3.05) is 24.6 Å². The van der Waals surface area contributed by atoms with Crippen LogP contribution in [0.5, 0.6) is 0 Å². The number of aliphatic imine (C=N–C) groups is 1. The molecule has 1 heterocycles. The highest BCUT2D eigenvalue weighted by Gasteiger charge is 2.33. The van der Waals surface area contributed by atoms with Gasteiger partial charge in [-0.15, -0.1) is 24.0 Å². The highest BCUT2D eigenvalue weighted by atomic mass is 127. The van der Waals surface area contributed by atoms with Gasteiger partial charge in [0, 0.05) is 19.1 Å². The minimum Gasteiger partial charge on any atom is -0.356 e. The maximum Gasteiger partial charge on any atom is 0.191 e. The lowest BCUT2D eigenvalue weighted by molar-refractivity contribution is 0.589. The molecule has 0 bridgehead atoms. The standard InChI is InChI=1S/C13H25N3O2S.HI/c1-3-5-14-13(16-12-7-10(12)2)15-8-11-4-6-19(17,18)9-11;/h10-12H,3-9H2,1-2H3,(H2,14,15,16);1H. The van der Waals surface area contributed by atoms with Crippen LogP contribution >= 0.6 is 24.0 Å². The number of guanidine groups is 1. The van der Waals surface area contributed by atoms with Crippen LogP contribution in [-0.2, 0) is 9.84 Å². The van der Waals surface area contributed by atoms with Crippen LogP contribution in [0.2, 0.25) is 0 Å². The lowest BCUT2D eigenvalue weighted by Gasteiger charge is -2.12. The Balaban J connectivity index is 0.00000200. The number of hydrogen-bond donors (Lipinski definition) is 2. The normalized spacial score (nSPS) is 31.5. The van der Waals surface area contributed by atoms with Gasteiger partial charge in [0.1, 0.15) is 0 Å². The fraction of sp³-hybridized carbons (Fsp3) is 0.923. The molecule has 1 aliphatic heterocycles. The average molecular weight is 415 g/mol. The predicted octanol–water partition coefficient (Wildman–Crippen LogP) is 1.39.